The molecule has 0 N–H and O–H groups in total. The molecule has 134 valence electrons. The molecule has 1 fully saturated rings. The van der Waals surface area contributed by atoms with E-state index in [9.17, 15) is 14.0 Å². The van der Waals surface area contributed by atoms with Crippen molar-refractivity contribution in [3.8, 4) is 11.8 Å². The molecule has 5 nitrogen and oxygen atoms in total. The third-order valence-corrected chi connectivity index (χ3v) is 4.17. The van der Waals surface area contributed by atoms with Crippen molar-refractivity contribution >= 4 is 12.0 Å². The van der Waals surface area contributed by atoms with Gasteiger partial charge in [0.1, 0.15) is 5.60 Å². The normalized spacial score (nSPS) is 25.2. The zero-order valence-electron chi connectivity index (χ0n) is 14.9. The molecule has 0 aromatic heterocycles. The minimum atomic E-state index is -2.07. The predicted molar refractivity (Wildman–Crippen MR) is 89.1 cm³/mol. The maximum absolute atomic E-state index is 15.0. The molecule has 0 aromatic carbocycles. The zero-order valence-corrected chi connectivity index (χ0v) is 14.9. The highest BCUT2D eigenvalue weighted by Gasteiger charge is 2.41. The van der Waals surface area contributed by atoms with Crippen LogP contribution in [0.1, 0.15) is 52.9 Å². The van der Waals surface area contributed by atoms with E-state index in [1.165, 1.54) is 4.90 Å². The van der Waals surface area contributed by atoms with Crippen LogP contribution < -0.4 is 0 Å². The lowest BCUT2D eigenvalue weighted by Gasteiger charge is -2.37. The average Bonchev–Trinajstić information content (AvgIpc) is 2.49. The number of halogens is 1. The molecular formula is C18H27FN2O3. The van der Waals surface area contributed by atoms with Gasteiger partial charge in [-0.15, -0.1) is 0 Å². The molecule has 1 heterocycles. The van der Waals surface area contributed by atoms with Gasteiger partial charge >= 0.3 is 6.09 Å². The smallest absolute Gasteiger partial charge is 0.410 e. The molecule has 0 aromatic rings. The van der Waals surface area contributed by atoms with Crippen molar-refractivity contribution in [1.29, 1.82) is 0 Å². The Bertz CT molecular complexity index is 539. The van der Waals surface area contributed by atoms with Gasteiger partial charge in [0, 0.05) is 39.0 Å². The molecule has 6 heteroatoms. The van der Waals surface area contributed by atoms with E-state index in [0.717, 1.165) is 12.8 Å². The van der Waals surface area contributed by atoms with Crippen molar-refractivity contribution in [3.05, 3.63) is 0 Å². The van der Waals surface area contributed by atoms with Gasteiger partial charge in [-0.3, -0.25) is 4.79 Å². The minimum Gasteiger partial charge on any atom is -0.444 e. The number of carbonyl (C=O) groups excluding carboxylic acids is 2. The van der Waals surface area contributed by atoms with E-state index in [1.54, 1.807) is 4.90 Å². The van der Waals surface area contributed by atoms with Crippen molar-refractivity contribution in [2.24, 2.45) is 0 Å². The second-order valence-electron chi connectivity index (χ2n) is 7.42. The third-order valence-electron chi connectivity index (χ3n) is 4.17. The van der Waals surface area contributed by atoms with Gasteiger partial charge in [0.05, 0.1) is 0 Å². The number of hydrogen-bond donors (Lipinski definition) is 0. The molecule has 1 saturated heterocycles. The van der Waals surface area contributed by atoms with Crippen LogP contribution >= 0.6 is 0 Å². The Labute approximate surface area is 143 Å². The van der Waals surface area contributed by atoms with Gasteiger partial charge in [0.25, 0.3) is 5.91 Å². The molecule has 2 aliphatic rings. The van der Waals surface area contributed by atoms with Crippen LogP contribution in [-0.4, -0.2) is 59.2 Å². The summed E-state index contributed by atoms with van der Waals surface area (Å²) in [4.78, 5) is 27.6. The zero-order chi connectivity index (χ0) is 17.8. The van der Waals surface area contributed by atoms with Crippen LogP contribution in [0.5, 0.6) is 0 Å². The summed E-state index contributed by atoms with van der Waals surface area (Å²) in [5.41, 5.74) is -2.63. The number of alkyl halides is 1. The Morgan fingerprint density at radius 1 is 1.04 bits per heavy atom. The first-order valence-corrected chi connectivity index (χ1v) is 8.67. The summed E-state index contributed by atoms with van der Waals surface area (Å²) in [6.45, 7) is 6.76. The second kappa shape index (κ2) is 7.42. The lowest BCUT2D eigenvalue weighted by molar-refractivity contribution is -0.142. The minimum absolute atomic E-state index is 0.158. The number of hydrogen-bond acceptors (Lipinski definition) is 3. The summed E-state index contributed by atoms with van der Waals surface area (Å²) in [6, 6.07) is 0. The van der Waals surface area contributed by atoms with Crippen LogP contribution in [0.25, 0.3) is 0 Å². The summed E-state index contributed by atoms with van der Waals surface area (Å²) < 4.78 is 20.3. The topological polar surface area (TPSA) is 49.9 Å². The van der Waals surface area contributed by atoms with Crippen molar-refractivity contribution in [2.45, 2.75) is 64.1 Å². The fourth-order valence-electron chi connectivity index (χ4n) is 2.85. The maximum atomic E-state index is 15.0. The van der Waals surface area contributed by atoms with Gasteiger partial charge in [0.15, 0.2) is 0 Å². The molecule has 2 amide bonds. The predicted octanol–water partition coefficient (Wildman–Crippen LogP) is 2.74. The molecule has 0 radical (unpaired) electrons. The number of ether oxygens (including phenoxy) is 1. The van der Waals surface area contributed by atoms with Gasteiger partial charge in [-0.25, -0.2) is 9.18 Å². The summed E-state index contributed by atoms with van der Waals surface area (Å²) in [7, 11) is 0. The quantitative estimate of drug-likeness (QED) is 0.691. The summed E-state index contributed by atoms with van der Waals surface area (Å²) >= 11 is 0. The number of amides is 2. The van der Waals surface area contributed by atoms with Crippen LogP contribution in [0.2, 0.25) is 0 Å². The molecule has 0 bridgehead atoms. The van der Waals surface area contributed by atoms with Crippen LogP contribution in [0.15, 0.2) is 0 Å². The van der Waals surface area contributed by atoms with E-state index in [-0.39, 0.29) is 6.42 Å². The molecule has 1 aliphatic carbocycles. The molecular weight excluding hydrogens is 311 g/mol. The number of rotatable bonds is 1. The Hall–Kier alpha value is -1.77. The van der Waals surface area contributed by atoms with E-state index in [4.69, 9.17) is 4.74 Å². The van der Waals surface area contributed by atoms with E-state index in [0.29, 0.717) is 39.0 Å². The SMILES string of the molecule is CC(C)(C)OC(=O)N1CCN(C(=O)C2(F)C#CCCCCC2)CC1. The van der Waals surface area contributed by atoms with Gasteiger partial charge in [0.2, 0.25) is 5.67 Å². The fraction of sp³-hybridized carbons (Fsp3) is 0.778. The van der Waals surface area contributed by atoms with Gasteiger partial charge in [-0.1, -0.05) is 18.3 Å². The van der Waals surface area contributed by atoms with Crippen LogP contribution in [-0.2, 0) is 9.53 Å². The largest absolute Gasteiger partial charge is 0.444 e. The van der Waals surface area contributed by atoms with Crippen molar-refractivity contribution in [2.75, 3.05) is 26.2 Å². The molecule has 0 spiro atoms. The number of piperazine rings is 1. The fourth-order valence-corrected chi connectivity index (χ4v) is 2.85. The Kier molecular flexibility index (Phi) is 5.74. The lowest BCUT2D eigenvalue weighted by Crippen LogP contribution is -2.55. The summed E-state index contributed by atoms with van der Waals surface area (Å²) in [5.74, 6) is 4.79. The van der Waals surface area contributed by atoms with Gasteiger partial charge in [-0.05, 0) is 33.6 Å². The first-order valence-electron chi connectivity index (χ1n) is 8.67. The third kappa shape index (κ3) is 4.86. The molecule has 2 rings (SSSR count). The van der Waals surface area contributed by atoms with Crippen molar-refractivity contribution in [1.82, 2.24) is 9.80 Å². The van der Waals surface area contributed by atoms with E-state index in [1.807, 2.05) is 20.8 Å². The Morgan fingerprint density at radius 3 is 2.29 bits per heavy atom. The second-order valence-corrected chi connectivity index (χ2v) is 7.42. The van der Waals surface area contributed by atoms with E-state index < -0.39 is 23.3 Å². The van der Waals surface area contributed by atoms with Crippen LogP contribution in [0.4, 0.5) is 9.18 Å². The van der Waals surface area contributed by atoms with E-state index in [2.05, 4.69) is 11.8 Å². The monoisotopic (exact) mass is 338 g/mol. The van der Waals surface area contributed by atoms with Crippen LogP contribution in [0, 0.1) is 11.8 Å². The highest BCUT2D eigenvalue weighted by Crippen LogP contribution is 2.25. The average molecular weight is 338 g/mol. The summed E-state index contributed by atoms with van der Waals surface area (Å²) in [6.07, 6.45) is 2.95. The molecule has 1 unspecified atom stereocenters. The Morgan fingerprint density at radius 2 is 1.67 bits per heavy atom. The number of nitrogens with zero attached hydrogens (tertiary/aromatic N) is 2. The highest BCUT2D eigenvalue weighted by atomic mass is 19.1. The summed E-state index contributed by atoms with van der Waals surface area (Å²) in [5, 5.41) is 0. The van der Waals surface area contributed by atoms with E-state index >= 15 is 0 Å². The molecule has 24 heavy (non-hydrogen) atoms. The number of carbonyl (C=O) groups is 2. The highest BCUT2D eigenvalue weighted by molar-refractivity contribution is 5.89. The first kappa shape index (κ1) is 18.6. The lowest BCUT2D eigenvalue weighted by atomic mass is 9.94. The van der Waals surface area contributed by atoms with Gasteiger partial charge in [-0.2, -0.15) is 0 Å². The van der Waals surface area contributed by atoms with Crippen molar-refractivity contribution < 1.29 is 18.7 Å². The maximum Gasteiger partial charge on any atom is 0.410 e. The van der Waals surface area contributed by atoms with Gasteiger partial charge < -0.3 is 14.5 Å². The molecule has 1 atom stereocenters. The van der Waals surface area contributed by atoms with Crippen molar-refractivity contribution in [3.63, 3.8) is 0 Å². The Balaban J connectivity index is 1.93. The molecule has 1 aliphatic heterocycles. The first-order chi connectivity index (χ1) is 11.2. The molecule has 0 saturated carbocycles. The standard InChI is InChI=1S/C18H27FN2O3/c1-17(2,3)24-16(23)21-13-11-20(12-14-21)15(22)18(19)9-7-5-4-6-8-10-18/h4-7,9,11-14H2,1-3H3. The van der Waals surface area contributed by atoms with Crippen LogP contribution in [0.3, 0.4) is 0 Å².